The third-order valence-corrected chi connectivity index (χ3v) is 5.15. The highest BCUT2D eigenvalue weighted by atomic mass is 35.5. The maximum Gasteiger partial charge on any atom is 0.259 e. The molecular formula is C25H21ClN2O4. The van der Waals surface area contributed by atoms with Crippen molar-refractivity contribution in [1.29, 1.82) is 0 Å². The van der Waals surface area contributed by atoms with Gasteiger partial charge in [0.1, 0.15) is 12.4 Å². The van der Waals surface area contributed by atoms with Crippen LogP contribution in [-0.4, -0.2) is 24.2 Å². The highest BCUT2D eigenvalue weighted by Crippen LogP contribution is 2.30. The van der Waals surface area contributed by atoms with Gasteiger partial charge in [0.05, 0.1) is 30.2 Å². The summed E-state index contributed by atoms with van der Waals surface area (Å²) in [7, 11) is 3.04. The van der Waals surface area contributed by atoms with Gasteiger partial charge in [-0.25, -0.2) is 4.98 Å². The van der Waals surface area contributed by atoms with E-state index in [0.717, 1.165) is 16.9 Å². The van der Waals surface area contributed by atoms with Crippen LogP contribution in [0.5, 0.6) is 17.2 Å². The van der Waals surface area contributed by atoms with Crippen LogP contribution in [0.15, 0.2) is 71.5 Å². The van der Waals surface area contributed by atoms with Crippen LogP contribution in [0.4, 0.5) is 0 Å². The van der Waals surface area contributed by atoms with Crippen molar-refractivity contribution < 1.29 is 14.2 Å². The zero-order valence-corrected chi connectivity index (χ0v) is 18.3. The van der Waals surface area contributed by atoms with E-state index in [1.165, 1.54) is 14.2 Å². The minimum Gasteiger partial charge on any atom is -0.493 e. The van der Waals surface area contributed by atoms with Crippen LogP contribution in [0.1, 0.15) is 17.0 Å². The molecule has 0 fully saturated rings. The average molecular weight is 449 g/mol. The monoisotopic (exact) mass is 448 g/mol. The van der Waals surface area contributed by atoms with E-state index < -0.39 is 0 Å². The van der Waals surface area contributed by atoms with Gasteiger partial charge in [-0.15, -0.1) is 0 Å². The smallest absolute Gasteiger partial charge is 0.259 e. The summed E-state index contributed by atoms with van der Waals surface area (Å²) in [6, 6.07) is 20.7. The molecule has 1 heterocycles. The molecule has 0 amide bonds. The minimum absolute atomic E-state index is 0.265. The number of halogens is 1. The molecule has 3 aromatic carbocycles. The maximum absolute atomic E-state index is 12.6. The summed E-state index contributed by atoms with van der Waals surface area (Å²) in [6.07, 6.45) is 1.73. The molecule has 0 spiro atoms. The molecule has 1 aromatic heterocycles. The number of H-pyrrole nitrogens is 1. The molecule has 7 heteroatoms. The van der Waals surface area contributed by atoms with Gasteiger partial charge in [-0.05, 0) is 35.4 Å². The number of rotatable bonds is 7. The second kappa shape index (κ2) is 9.58. The highest BCUT2D eigenvalue weighted by Gasteiger charge is 2.12. The van der Waals surface area contributed by atoms with Crippen molar-refractivity contribution in [3.63, 3.8) is 0 Å². The van der Waals surface area contributed by atoms with Gasteiger partial charge in [0.15, 0.2) is 17.3 Å². The normalized spacial score (nSPS) is 11.4. The first-order chi connectivity index (χ1) is 15.6. The number of nitrogens with one attached hydrogen (secondary N) is 1. The lowest BCUT2D eigenvalue weighted by Gasteiger charge is -2.09. The van der Waals surface area contributed by atoms with Crippen LogP contribution in [0.2, 0.25) is 0 Å². The van der Waals surface area contributed by atoms with E-state index in [9.17, 15) is 4.79 Å². The largest absolute Gasteiger partial charge is 0.493 e. The molecule has 4 rings (SSSR count). The van der Waals surface area contributed by atoms with Crippen molar-refractivity contribution in [2.24, 2.45) is 0 Å². The average Bonchev–Trinajstić information content (AvgIpc) is 2.83. The topological polar surface area (TPSA) is 73.4 Å². The lowest BCUT2D eigenvalue weighted by molar-refractivity contribution is 0.306. The van der Waals surface area contributed by atoms with E-state index in [-0.39, 0.29) is 11.4 Å². The standard InChI is InChI=1S/C25H21ClN2O4/c1-30-22-13-19-21(14-23(22)31-2)27-24(28-25(19)29)20(26)12-16-8-10-18(11-9-16)32-15-17-6-4-3-5-7-17/h3-14H,15H2,1-2H3,(H,27,28,29)/b20-12-. The zero-order chi connectivity index (χ0) is 22.5. The first-order valence-electron chi connectivity index (χ1n) is 9.88. The molecule has 32 heavy (non-hydrogen) atoms. The summed E-state index contributed by atoms with van der Waals surface area (Å²) < 4.78 is 16.4. The van der Waals surface area contributed by atoms with E-state index >= 15 is 0 Å². The molecule has 0 unspecified atom stereocenters. The lowest BCUT2D eigenvalue weighted by atomic mass is 10.2. The second-order valence-corrected chi connectivity index (χ2v) is 7.38. The van der Waals surface area contributed by atoms with E-state index in [1.54, 1.807) is 18.2 Å². The third kappa shape index (κ3) is 4.76. The second-order valence-electron chi connectivity index (χ2n) is 6.97. The Morgan fingerprint density at radius 3 is 2.38 bits per heavy atom. The predicted octanol–water partition coefficient (Wildman–Crippen LogP) is 5.26. The number of ether oxygens (including phenoxy) is 3. The summed E-state index contributed by atoms with van der Waals surface area (Å²) in [5.41, 5.74) is 2.08. The Kier molecular flexibility index (Phi) is 6.42. The van der Waals surface area contributed by atoms with E-state index in [4.69, 9.17) is 25.8 Å². The van der Waals surface area contributed by atoms with Gasteiger partial charge >= 0.3 is 0 Å². The van der Waals surface area contributed by atoms with Crippen molar-refractivity contribution in [3.05, 3.63) is 94.0 Å². The van der Waals surface area contributed by atoms with Crippen LogP contribution < -0.4 is 19.8 Å². The van der Waals surface area contributed by atoms with Gasteiger partial charge in [-0.2, -0.15) is 0 Å². The molecule has 0 aliphatic heterocycles. The zero-order valence-electron chi connectivity index (χ0n) is 17.6. The molecule has 6 nitrogen and oxygen atoms in total. The van der Waals surface area contributed by atoms with Crippen LogP contribution in [0.25, 0.3) is 22.0 Å². The fourth-order valence-corrected chi connectivity index (χ4v) is 3.41. The number of fused-ring (bicyclic) bond motifs is 1. The van der Waals surface area contributed by atoms with Gasteiger partial charge in [-0.1, -0.05) is 54.1 Å². The molecule has 0 saturated carbocycles. The number of aromatic amines is 1. The summed E-state index contributed by atoms with van der Waals surface area (Å²) in [4.78, 5) is 19.8. The molecule has 0 aliphatic rings. The van der Waals surface area contributed by atoms with E-state index in [0.29, 0.717) is 34.0 Å². The Morgan fingerprint density at radius 1 is 1.00 bits per heavy atom. The minimum atomic E-state index is -0.317. The molecule has 0 bridgehead atoms. The fourth-order valence-electron chi connectivity index (χ4n) is 3.19. The summed E-state index contributed by atoms with van der Waals surface area (Å²) in [5, 5.41) is 0.688. The van der Waals surface area contributed by atoms with Gasteiger partial charge in [0.2, 0.25) is 0 Å². The Labute approximate surface area is 190 Å². The SMILES string of the molecule is COc1cc2nc(/C(Cl)=C/c3ccc(OCc4ccccc4)cc3)[nH]c(=O)c2cc1OC. The Hall–Kier alpha value is -3.77. The Morgan fingerprint density at radius 2 is 1.69 bits per heavy atom. The van der Waals surface area contributed by atoms with Gasteiger partial charge in [0, 0.05) is 6.07 Å². The van der Waals surface area contributed by atoms with Gasteiger partial charge in [0.25, 0.3) is 5.56 Å². The number of nitrogens with zero attached hydrogens (tertiary/aromatic N) is 1. The first kappa shape index (κ1) is 21.5. The predicted molar refractivity (Wildman–Crippen MR) is 126 cm³/mol. The number of methoxy groups -OCH3 is 2. The molecule has 162 valence electrons. The molecule has 0 saturated heterocycles. The highest BCUT2D eigenvalue weighted by molar-refractivity contribution is 6.50. The Balaban J connectivity index is 1.56. The number of hydrogen-bond acceptors (Lipinski definition) is 5. The first-order valence-corrected chi connectivity index (χ1v) is 10.3. The van der Waals surface area contributed by atoms with Gasteiger partial charge < -0.3 is 19.2 Å². The molecular weight excluding hydrogens is 428 g/mol. The van der Waals surface area contributed by atoms with Crippen molar-refractivity contribution in [1.82, 2.24) is 9.97 Å². The third-order valence-electron chi connectivity index (χ3n) is 4.86. The summed E-state index contributed by atoms with van der Waals surface area (Å²) in [5.74, 6) is 1.95. The molecule has 0 aliphatic carbocycles. The quantitative estimate of drug-likeness (QED) is 0.417. The molecule has 1 N–H and O–H groups in total. The van der Waals surface area contributed by atoms with Crippen LogP contribution in [0, 0.1) is 0 Å². The van der Waals surface area contributed by atoms with Crippen molar-refractivity contribution in [2.75, 3.05) is 14.2 Å². The fraction of sp³-hybridized carbons (Fsp3) is 0.120. The van der Waals surface area contributed by atoms with Crippen molar-refractivity contribution >= 4 is 33.6 Å². The number of aromatic nitrogens is 2. The van der Waals surface area contributed by atoms with E-state index in [2.05, 4.69) is 9.97 Å². The molecule has 4 aromatic rings. The summed E-state index contributed by atoms with van der Waals surface area (Å²) >= 11 is 6.47. The lowest BCUT2D eigenvalue weighted by Crippen LogP contribution is -2.11. The number of hydrogen-bond donors (Lipinski definition) is 1. The summed E-state index contributed by atoms with van der Waals surface area (Å²) in [6.45, 7) is 0.493. The van der Waals surface area contributed by atoms with Crippen LogP contribution >= 0.6 is 11.6 Å². The molecule has 0 atom stereocenters. The van der Waals surface area contributed by atoms with Crippen LogP contribution in [-0.2, 0) is 6.61 Å². The van der Waals surface area contributed by atoms with Crippen molar-refractivity contribution in [2.45, 2.75) is 6.61 Å². The number of benzene rings is 3. The molecule has 0 radical (unpaired) electrons. The van der Waals surface area contributed by atoms with Crippen LogP contribution in [0.3, 0.4) is 0 Å². The van der Waals surface area contributed by atoms with Crippen molar-refractivity contribution in [3.8, 4) is 17.2 Å². The maximum atomic E-state index is 12.6. The van der Waals surface area contributed by atoms with Gasteiger partial charge in [-0.3, -0.25) is 4.79 Å². The van der Waals surface area contributed by atoms with E-state index in [1.807, 2.05) is 54.6 Å². The Bertz CT molecular complexity index is 1320.